The van der Waals surface area contributed by atoms with Gasteiger partial charge >= 0.3 is 6.09 Å². The van der Waals surface area contributed by atoms with Crippen molar-refractivity contribution in [2.45, 2.75) is 84.0 Å². The van der Waals surface area contributed by atoms with Crippen molar-refractivity contribution >= 4 is 6.09 Å². The van der Waals surface area contributed by atoms with Crippen LogP contribution in [0.3, 0.4) is 0 Å². The molecule has 0 bridgehead atoms. The molecule has 1 saturated heterocycles. The molecule has 0 saturated carbocycles. The third-order valence-electron chi connectivity index (χ3n) is 6.39. The van der Waals surface area contributed by atoms with E-state index in [0.717, 1.165) is 35.3 Å². The van der Waals surface area contributed by atoms with Gasteiger partial charge in [-0.15, -0.1) is 5.92 Å². The molecule has 3 rings (SSSR count). The zero-order chi connectivity index (χ0) is 25.6. The van der Waals surface area contributed by atoms with E-state index < -0.39 is 5.60 Å². The van der Waals surface area contributed by atoms with Crippen molar-refractivity contribution < 1.29 is 14.3 Å². The quantitative estimate of drug-likeness (QED) is 0.503. The average Bonchev–Trinajstić information content (AvgIpc) is 2.81. The molecule has 1 aliphatic heterocycles. The fourth-order valence-electron chi connectivity index (χ4n) is 4.73. The highest BCUT2D eigenvalue weighted by Crippen LogP contribution is 2.34. The number of nitrogens with one attached hydrogen (secondary N) is 1. The first-order valence-corrected chi connectivity index (χ1v) is 12.4. The van der Waals surface area contributed by atoms with Crippen molar-refractivity contribution in [3.05, 3.63) is 65.2 Å². The Hall–Kier alpha value is -2.97. The highest BCUT2D eigenvalue weighted by molar-refractivity contribution is 5.69. The van der Waals surface area contributed by atoms with Crippen LogP contribution in [0.4, 0.5) is 4.79 Å². The van der Waals surface area contributed by atoms with Gasteiger partial charge in [0.25, 0.3) is 0 Å². The minimum atomic E-state index is -0.541. The number of nitrogens with zero attached hydrogens (tertiary/aromatic N) is 1. The van der Waals surface area contributed by atoms with Gasteiger partial charge in [-0.1, -0.05) is 42.3 Å². The minimum absolute atomic E-state index is 0.0791. The zero-order valence-electron chi connectivity index (χ0n) is 22.3. The molecule has 2 aromatic rings. The number of carbonyl (C=O) groups is 1. The Morgan fingerprint density at radius 3 is 2.46 bits per heavy atom. The molecule has 0 unspecified atom stereocenters. The molecule has 0 radical (unpaired) electrons. The standard InChI is InChI=1S/C30H40N2O3/c1-8-18-30(5,6)24-16-17-26(34-7)23(20-24)21-31-25-15-12-19-32(28(33)35-29(2,3)4)27(25)22-13-10-9-11-14-22/h9-11,13-14,16-17,20,25,27,31H,12,15,19,21H2,1-7H3/t25-,27-/m0/s1. The van der Waals surface area contributed by atoms with E-state index >= 15 is 0 Å². The van der Waals surface area contributed by atoms with Crippen LogP contribution in [-0.4, -0.2) is 36.3 Å². The SMILES string of the molecule is CC#CC(C)(C)c1ccc(OC)c(CN[C@H]2CCCN(C(=O)OC(C)(C)C)[C@H]2c2ccccc2)c1. The van der Waals surface area contributed by atoms with E-state index in [2.05, 4.69) is 55.3 Å². The lowest BCUT2D eigenvalue weighted by atomic mass is 9.84. The summed E-state index contributed by atoms with van der Waals surface area (Å²) in [6.07, 6.45) is 1.61. The van der Waals surface area contributed by atoms with Gasteiger partial charge in [0.05, 0.1) is 18.6 Å². The fraction of sp³-hybridized carbons (Fsp3) is 0.500. The second-order valence-corrected chi connectivity index (χ2v) is 10.7. The van der Waals surface area contributed by atoms with Crippen molar-refractivity contribution in [1.29, 1.82) is 0 Å². The average molecular weight is 477 g/mol. The maximum Gasteiger partial charge on any atom is 0.410 e. The van der Waals surface area contributed by atoms with E-state index in [4.69, 9.17) is 9.47 Å². The van der Waals surface area contributed by atoms with Crippen LogP contribution in [0, 0.1) is 11.8 Å². The smallest absolute Gasteiger partial charge is 0.410 e. The lowest BCUT2D eigenvalue weighted by molar-refractivity contribution is 0.00380. The number of hydrogen-bond donors (Lipinski definition) is 1. The third-order valence-corrected chi connectivity index (χ3v) is 6.39. The van der Waals surface area contributed by atoms with Gasteiger partial charge < -0.3 is 14.8 Å². The van der Waals surface area contributed by atoms with Gasteiger partial charge in [0.1, 0.15) is 11.4 Å². The second kappa shape index (κ2) is 11.2. The first-order valence-electron chi connectivity index (χ1n) is 12.4. The number of rotatable bonds is 6. The van der Waals surface area contributed by atoms with E-state index in [1.54, 1.807) is 7.11 Å². The van der Waals surface area contributed by atoms with E-state index in [1.165, 1.54) is 0 Å². The molecule has 5 nitrogen and oxygen atoms in total. The molecule has 35 heavy (non-hydrogen) atoms. The van der Waals surface area contributed by atoms with Crippen LogP contribution in [0.25, 0.3) is 0 Å². The first-order chi connectivity index (χ1) is 16.6. The molecule has 2 atom stereocenters. The van der Waals surface area contributed by atoms with Crippen LogP contribution in [0.1, 0.15) is 77.1 Å². The highest BCUT2D eigenvalue weighted by atomic mass is 16.6. The van der Waals surface area contributed by atoms with Crippen molar-refractivity contribution in [3.63, 3.8) is 0 Å². The molecule has 1 aliphatic rings. The van der Waals surface area contributed by atoms with Crippen LogP contribution in [0.2, 0.25) is 0 Å². The number of piperidine rings is 1. The molecule has 0 aromatic heterocycles. The Morgan fingerprint density at radius 1 is 1.11 bits per heavy atom. The fourth-order valence-corrected chi connectivity index (χ4v) is 4.73. The van der Waals surface area contributed by atoms with Crippen molar-refractivity contribution in [2.24, 2.45) is 0 Å². The number of likely N-dealkylation sites (tertiary alicyclic amines) is 1. The van der Waals surface area contributed by atoms with Gasteiger partial charge in [-0.05, 0) is 77.6 Å². The largest absolute Gasteiger partial charge is 0.496 e. The van der Waals surface area contributed by atoms with Crippen LogP contribution < -0.4 is 10.1 Å². The summed E-state index contributed by atoms with van der Waals surface area (Å²) >= 11 is 0. The number of ether oxygens (including phenoxy) is 2. The molecular formula is C30H40N2O3. The molecule has 0 spiro atoms. The number of carbonyl (C=O) groups excluding carboxylic acids is 1. The number of benzene rings is 2. The van der Waals surface area contributed by atoms with E-state index in [-0.39, 0.29) is 23.6 Å². The normalized spacial score (nSPS) is 18.4. The molecule has 1 N–H and O–H groups in total. The summed E-state index contributed by atoms with van der Waals surface area (Å²) in [5, 5.41) is 3.75. The van der Waals surface area contributed by atoms with Crippen LogP contribution in [0.15, 0.2) is 48.5 Å². The monoisotopic (exact) mass is 476 g/mol. The Balaban J connectivity index is 1.89. The van der Waals surface area contributed by atoms with Gasteiger partial charge in [0, 0.05) is 24.7 Å². The summed E-state index contributed by atoms with van der Waals surface area (Å²) in [5.74, 6) is 7.20. The van der Waals surface area contributed by atoms with Gasteiger partial charge in [0.2, 0.25) is 0 Å². The lowest BCUT2D eigenvalue weighted by Gasteiger charge is -2.42. The van der Waals surface area contributed by atoms with Crippen molar-refractivity contribution in [1.82, 2.24) is 10.2 Å². The summed E-state index contributed by atoms with van der Waals surface area (Å²) in [7, 11) is 1.70. The molecule has 1 amide bonds. The first kappa shape index (κ1) is 26.6. The van der Waals surface area contributed by atoms with E-state index in [9.17, 15) is 4.79 Å². The van der Waals surface area contributed by atoms with Crippen LogP contribution in [-0.2, 0) is 16.7 Å². The number of methoxy groups -OCH3 is 1. The Bertz CT molecular complexity index is 1060. The predicted octanol–water partition coefficient (Wildman–Crippen LogP) is 6.23. The Kier molecular flexibility index (Phi) is 8.51. The third kappa shape index (κ3) is 6.80. The summed E-state index contributed by atoms with van der Waals surface area (Å²) in [6.45, 7) is 13.2. The summed E-state index contributed by atoms with van der Waals surface area (Å²) in [6, 6.07) is 16.5. The molecule has 1 heterocycles. The number of hydrogen-bond acceptors (Lipinski definition) is 4. The molecule has 5 heteroatoms. The summed E-state index contributed by atoms with van der Waals surface area (Å²) in [5.41, 5.74) is 2.55. The van der Waals surface area contributed by atoms with Crippen LogP contribution in [0.5, 0.6) is 5.75 Å². The second-order valence-electron chi connectivity index (χ2n) is 10.7. The van der Waals surface area contributed by atoms with E-state index in [0.29, 0.717) is 13.1 Å². The van der Waals surface area contributed by atoms with Gasteiger partial charge in [0.15, 0.2) is 0 Å². The minimum Gasteiger partial charge on any atom is -0.496 e. The zero-order valence-corrected chi connectivity index (χ0v) is 22.3. The lowest BCUT2D eigenvalue weighted by Crippen LogP contribution is -2.51. The Morgan fingerprint density at radius 2 is 1.83 bits per heavy atom. The molecule has 188 valence electrons. The molecule has 2 aromatic carbocycles. The van der Waals surface area contributed by atoms with Gasteiger partial charge in [-0.2, -0.15) is 0 Å². The van der Waals surface area contributed by atoms with Gasteiger partial charge in [-0.25, -0.2) is 4.79 Å². The maximum absolute atomic E-state index is 13.2. The van der Waals surface area contributed by atoms with Gasteiger partial charge in [-0.3, -0.25) is 4.90 Å². The summed E-state index contributed by atoms with van der Waals surface area (Å²) < 4.78 is 11.5. The summed E-state index contributed by atoms with van der Waals surface area (Å²) in [4.78, 5) is 15.1. The van der Waals surface area contributed by atoms with E-state index in [1.807, 2.05) is 56.9 Å². The van der Waals surface area contributed by atoms with Crippen LogP contribution >= 0.6 is 0 Å². The highest BCUT2D eigenvalue weighted by Gasteiger charge is 2.37. The van der Waals surface area contributed by atoms with Crippen molar-refractivity contribution in [2.75, 3.05) is 13.7 Å². The number of amides is 1. The Labute approximate surface area is 211 Å². The van der Waals surface area contributed by atoms with Crippen molar-refractivity contribution in [3.8, 4) is 17.6 Å². The molecular weight excluding hydrogens is 436 g/mol. The predicted molar refractivity (Wildman–Crippen MR) is 141 cm³/mol. The maximum atomic E-state index is 13.2. The topological polar surface area (TPSA) is 50.8 Å². The molecule has 1 fully saturated rings. The molecule has 0 aliphatic carbocycles.